The van der Waals surface area contributed by atoms with Gasteiger partial charge >= 0.3 is 0 Å². The van der Waals surface area contributed by atoms with Crippen LogP contribution in [0, 0.1) is 6.92 Å². The van der Waals surface area contributed by atoms with Gasteiger partial charge in [-0.15, -0.1) is 0 Å². The molecule has 0 amide bonds. The molecule has 0 saturated carbocycles. The van der Waals surface area contributed by atoms with Gasteiger partial charge in [0.1, 0.15) is 0 Å². The SMILES string of the molecule is Cc1ccc(S(=O)(=O)Nc2cc(-c3ccc(C(C)(C)C)cc3)nc3ccccc23)cc1. The van der Waals surface area contributed by atoms with E-state index in [-0.39, 0.29) is 10.3 Å². The first-order chi connectivity index (χ1) is 14.6. The van der Waals surface area contributed by atoms with Crippen molar-refractivity contribution in [1.82, 2.24) is 4.98 Å². The van der Waals surface area contributed by atoms with E-state index in [2.05, 4.69) is 37.6 Å². The van der Waals surface area contributed by atoms with Gasteiger partial charge in [0.15, 0.2) is 0 Å². The standard InChI is InChI=1S/C26H26N2O2S/c1-18-9-15-21(16-10-18)31(29,30)28-25-17-24(27-23-8-6-5-7-22(23)25)19-11-13-20(14-12-19)26(2,3)4/h5-17H,1-4H3,(H,27,28). The quantitative estimate of drug-likeness (QED) is 0.413. The number of nitrogens with zero attached hydrogens (tertiary/aromatic N) is 1. The van der Waals surface area contributed by atoms with Gasteiger partial charge in [0.2, 0.25) is 0 Å². The number of anilines is 1. The minimum absolute atomic E-state index is 0.0597. The summed E-state index contributed by atoms with van der Waals surface area (Å²) in [5, 5.41) is 0.758. The van der Waals surface area contributed by atoms with Gasteiger partial charge in [-0.1, -0.05) is 80.9 Å². The first kappa shape index (κ1) is 21.1. The first-order valence-corrected chi connectivity index (χ1v) is 11.7. The van der Waals surface area contributed by atoms with E-state index in [1.807, 2.05) is 43.3 Å². The number of nitrogens with one attached hydrogen (secondary N) is 1. The van der Waals surface area contributed by atoms with E-state index < -0.39 is 10.0 Å². The zero-order valence-electron chi connectivity index (χ0n) is 18.2. The van der Waals surface area contributed by atoms with Crippen molar-refractivity contribution in [3.05, 3.63) is 90.0 Å². The number of aryl methyl sites for hydroxylation is 1. The molecule has 0 aliphatic carbocycles. The minimum Gasteiger partial charge on any atom is -0.279 e. The Labute approximate surface area is 184 Å². The third-order valence-electron chi connectivity index (χ3n) is 5.34. The van der Waals surface area contributed by atoms with Gasteiger partial charge in [-0.2, -0.15) is 0 Å². The fourth-order valence-corrected chi connectivity index (χ4v) is 4.54. The van der Waals surface area contributed by atoms with Crippen LogP contribution in [0.3, 0.4) is 0 Å². The smallest absolute Gasteiger partial charge is 0.261 e. The van der Waals surface area contributed by atoms with Gasteiger partial charge < -0.3 is 0 Å². The second-order valence-corrected chi connectivity index (χ2v) is 10.5. The summed E-state index contributed by atoms with van der Waals surface area (Å²) in [5.41, 5.74) is 5.22. The summed E-state index contributed by atoms with van der Waals surface area (Å²) in [6.07, 6.45) is 0. The average Bonchev–Trinajstić information content (AvgIpc) is 2.73. The normalized spacial score (nSPS) is 12.1. The molecule has 0 aliphatic heterocycles. The Balaban J connectivity index is 1.79. The van der Waals surface area contributed by atoms with Crippen molar-refractivity contribution in [2.45, 2.75) is 38.0 Å². The van der Waals surface area contributed by atoms with Crippen LogP contribution < -0.4 is 4.72 Å². The third-order valence-corrected chi connectivity index (χ3v) is 6.72. The van der Waals surface area contributed by atoms with Crippen molar-refractivity contribution >= 4 is 26.6 Å². The fourth-order valence-electron chi connectivity index (χ4n) is 3.47. The molecule has 0 spiro atoms. The van der Waals surface area contributed by atoms with Crippen LogP contribution in [0.2, 0.25) is 0 Å². The Morgan fingerprint density at radius 2 is 1.48 bits per heavy atom. The number of aromatic nitrogens is 1. The Morgan fingerprint density at radius 1 is 0.839 bits per heavy atom. The lowest BCUT2D eigenvalue weighted by molar-refractivity contribution is 0.590. The molecule has 0 bridgehead atoms. The van der Waals surface area contributed by atoms with Crippen LogP contribution in [-0.4, -0.2) is 13.4 Å². The van der Waals surface area contributed by atoms with Crippen molar-refractivity contribution in [2.75, 3.05) is 4.72 Å². The van der Waals surface area contributed by atoms with Gasteiger partial charge in [-0.25, -0.2) is 13.4 Å². The minimum atomic E-state index is -3.72. The maximum absolute atomic E-state index is 13.0. The second kappa shape index (κ2) is 7.82. The highest BCUT2D eigenvalue weighted by molar-refractivity contribution is 7.92. The molecule has 3 aromatic carbocycles. The summed E-state index contributed by atoms with van der Waals surface area (Å²) in [6.45, 7) is 8.45. The monoisotopic (exact) mass is 430 g/mol. The molecule has 4 nitrogen and oxygen atoms in total. The molecule has 1 aromatic heterocycles. The summed E-state index contributed by atoms with van der Waals surface area (Å²) in [4.78, 5) is 5.01. The van der Waals surface area contributed by atoms with E-state index in [4.69, 9.17) is 4.98 Å². The molecule has 0 unspecified atom stereocenters. The number of hydrogen-bond acceptors (Lipinski definition) is 3. The van der Waals surface area contributed by atoms with Crippen molar-refractivity contribution in [3.8, 4) is 11.3 Å². The molecule has 158 valence electrons. The highest BCUT2D eigenvalue weighted by atomic mass is 32.2. The van der Waals surface area contributed by atoms with Crippen molar-refractivity contribution in [2.24, 2.45) is 0 Å². The maximum Gasteiger partial charge on any atom is 0.261 e. The van der Waals surface area contributed by atoms with Gasteiger partial charge in [-0.05, 0) is 42.2 Å². The molecular formula is C26H26N2O2S. The summed E-state index contributed by atoms with van der Waals surface area (Å²) in [5.74, 6) is 0. The molecule has 0 atom stereocenters. The molecule has 0 aliphatic rings. The molecule has 1 N–H and O–H groups in total. The van der Waals surface area contributed by atoms with E-state index in [1.54, 1.807) is 30.3 Å². The summed E-state index contributed by atoms with van der Waals surface area (Å²) < 4.78 is 28.8. The number of fused-ring (bicyclic) bond motifs is 1. The Kier molecular flexibility index (Phi) is 5.31. The van der Waals surface area contributed by atoms with E-state index in [9.17, 15) is 8.42 Å². The lowest BCUT2D eigenvalue weighted by atomic mass is 9.86. The predicted molar refractivity (Wildman–Crippen MR) is 128 cm³/mol. The first-order valence-electron chi connectivity index (χ1n) is 10.2. The van der Waals surface area contributed by atoms with Gasteiger partial charge in [0.05, 0.1) is 21.8 Å². The van der Waals surface area contributed by atoms with Crippen LogP contribution in [0.25, 0.3) is 22.2 Å². The number of rotatable bonds is 4. The van der Waals surface area contributed by atoms with Gasteiger partial charge in [0, 0.05) is 10.9 Å². The zero-order chi connectivity index (χ0) is 22.2. The van der Waals surface area contributed by atoms with E-state index >= 15 is 0 Å². The van der Waals surface area contributed by atoms with Gasteiger partial charge in [-0.3, -0.25) is 4.72 Å². The van der Waals surface area contributed by atoms with Crippen LogP contribution in [-0.2, 0) is 15.4 Å². The molecule has 1 heterocycles. The van der Waals surface area contributed by atoms with Crippen LogP contribution in [0.1, 0.15) is 31.9 Å². The second-order valence-electron chi connectivity index (χ2n) is 8.82. The molecule has 31 heavy (non-hydrogen) atoms. The number of sulfonamides is 1. The maximum atomic E-state index is 13.0. The number of para-hydroxylation sites is 1. The van der Waals surface area contributed by atoms with Crippen molar-refractivity contribution in [1.29, 1.82) is 0 Å². The van der Waals surface area contributed by atoms with E-state index in [1.165, 1.54) is 5.56 Å². The Hall–Kier alpha value is -3.18. The average molecular weight is 431 g/mol. The number of benzene rings is 3. The molecule has 0 radical (unpaired) electrons. The molecule has 0 fully saturated rings. The van der Waals surface area contributed by atoms with Crippen molar-refractivity contribution < 1.29 is 8.42 Å². The van der Waals surface area contributed by atoms with E-state index in [0.29, 0.717) is 5.69 Å². The van der Waals surface area contributed by atoms with Crippen LogP contribution in [0.4, 0.5) is 5.69 Å². The highest BCUT2D eigenvalue weighted by Crippen LogP contribution is 2.31. The molecular weight excluding hydrogens is 404 g/mol. The van der Waals surface area contributed by atoms with Crippen LogP contribution in [0.5, 0.6) is 0 Å². The van der Waals surface area contributed by atoms with Crippen LogP contribution >= 0.6 is 0 Å². The summed E-state index contributed by atoms with van der Waals surface area (Å²) in [7, 11) is -3.72. The highest BCUT2D eigenvalue weighted by Gasteiger charge is 2.18. The molecule has 4 rings (SSSR count). The predicted octanol–water partition coefficient (Wildman–Crippen LogP) is 6.31. The third kappa shape index (κ3) is 4.47. The molecule has 0 saturated heterocycles. The Morgan fingerprint density at radius 3 is 2.13 bits per heavy atom. The van der Waals surface area contributed by atoms with Crippen LogP contribution in [0.15, 0.2) is 83.8 Å². The Bertz CT molecular complexity index is 1340. The van der Waals surface area contributed by atoms with Gasteiger partial charge in [0.25, 0.3) is 10.0 Å². The zero-order valence-corrected chi connectivity index (χ0v) is 19.0. The largest absolute Gasteiger partial charge is 0.279 e. The fraction of sp³-hybridized carbons (Fsp3) is 0.192. The lowest BCUT2D eigenvalue weighted by Gasteiger charge is -2.19. The van der Waals surface area contributed by atoms with E-state index in [0.717, 1.165) is 27.7 Å². The molecule has 4 aromatic rings. The lowest BCUT2D eigenvalue weighted by Crippen LogP contribution is -2.13. The summed E-state index contributed by atoms with van der Waals surface area (Å²) >= 11 is 0. The number of hydrogen-bond donors (Lipinski definition) is 1. The van der Waals surface area contributed by atoms with Crippen molar-refractivity contribution in [3.63, 3.8) is 0 Å². The number of pyridine rings is 1. The summed E-state index contributed by atoms with van der Waals surface area (Å²) in [6, 6.07) is 24.5. The topological polar surface area (TPSA) is 59.1 Å². The molecule has 5 heteroatoms.